The van der Waals surface area contributed by atoms with E-state index in [0.29, 0.717) is 0 Å². The third-order valence-electron chi connectivity index (χ3n) is 15.9. The summed E-state index contributed by atoms with van der Waals surface area (Å²) in [6, 6.07) is 0. The van der Waals surface area contributed by atoms with Gasteiger partial charge in [0.2, 0.25) is 0 Å². The van der Waals surface area contributed by atoms with Crippen LogP contribution in [0.15, 0.2) is 0 Å². The second-order valence-corrected chi connectivity index (χ2v) is 24.3. The summed E-state index contributed by atoms with van der Waals surface area (Å²) in [6.45, 7) is 9.07. The van der Waals surface area contributed by atoms with Gasteiger partial charge in [0, 0.05) is 23.9 Å². The number of rotatable bonds is 64. The molecule has 0 saturated carbocycles. The molecule has 0 aromatic rings. The Morgan fingerprint density at radius 1 is 0.159 bits per heavy atom. The molecule has 0 rings (SSSR count). The molecule has 0 aromatic carbocycles. The fourth-order valence-electron chi connectivity index (χ4n) is 10.6. The topological polar surface area (TPSA) is 161 Å². The Labute approximate surface area is 572 Å². The molecule has 0 amide bonds. The normalized spacial score (nSPS) is 10.6. The minimum absolute atomic E-state index is 0. The van der Waals surface area contributed by atoms with Gasteiger partial charge in [-0.05, 0) is 51.4 Å². The first-order valence-electron chi connectivity index (χ1n) is 35.9. The van der Waals surface area contributed by atoms with Gasteiger partial charge in [-0.3, -0.25) is 0 Å². The molecule has 0 aliphatic rings. The van der Waals surface area contributed by atoms with Crippen molar-refractivity contribution < 1.29 is 39.6 Å². The third kappa shape index (κ3) is 108. The fraction of sp³-hybridized carbons (Fsp3) is 0.944. The summed E-state index contributed by atoms with van der Waals surface area (Å²) in [5.41, 5.74) is 0. The van der Waals surface area contributed by atoms with Crippen molar-refractivity contribution in [3.05, 3.63) is 0 Å². The quantitative estimate of drug-likeness (QED) is 0.0430. The first-order chi connectivity index (χ1) is 39.1. The Balaban J connectivity index is -0.000000233. The standard InChI is InChI=1S/4C18H36O2.2Ca/c4*1-2-3-4-5-6-7-8-9-10-11-12-13-14-15-16-17-18(19)20;;/h4*2-17H2,1H3,(H,19,20);;/q;;;;2*+2/p-4. The largest absolute Gasteiger partial charge is 2.00 e. The monoisotopic (exact) mass is 1210 g/mol. The van der Waals surface area contributed by atoms with Crippen LogP contribution in [-0.4, -0.2) is 99.4 Å². The van der Waals surface area contributed by atoms with Gasteiger partial charge < -0.3 is 39.6 Å². The molecule has 0 N–H and O–H groups in total. The second kappa shape index (κ2) is 90.1. The molecule has 0 atom stereocenters. The summed E-state index contributed by atoms with van der Waals surface area (Å²) in [5.74, 6) is -3.61. The molecule has 0 spiro atoms. The van der Waals surface area contributed by atoms with Crippen molar-refractivity contribution in [2.75, 3.05) is 0 Å². The molecule has 10 heteroatoms. The number of unbranched alkanes of at least 4 members (excludes halogenated alkanes) is 56. The molecule has 0 fully saturated rings. The molecule has 82 heavy (non-hydrogen) atoms. The van der Waals surface area contributed by atoms with Gasteiger partial charge in [0.25, 0.3) is 0 Å². The van der Waals surface area contributed by atoms with Gasteiger partial charge in [0.15, 0.2) is 0 Å². The Morgan fingerprint density at radius 3 is 0.305 bits per heavy atom. The van der Waals surface area contributed by atoms with Crippen molar-refractivity contribution in [2.45, 2.75) is 439 Å². The van der Waals surface area contributed by atoms with E-state index < -0.39 is 23.9 Å². The summed E-state index contributed by atoms with van der Waals surface area (Å²) in [5, 5.41) is 40.9. The molecule has 8 nitrogen and oxygen atoms in total. The summed E-state index contributed by atoms with van der Waals surface area (Å²) in [4.78, 5) is 40.9. The van der Waals surface area contributed by atoms with Crippen LogP contribution in [0.2, 0.25) is 0 Å². The van der Waals surface area contributed by atoms with E-state index >= 15 is 0 Å². The Morgan fingerprint density at radius 2 is 0.232 bits per heavy atom. The molecule has 480 valence electrons. The van der Waals surface area contributed by atoms with Crippen LogP contribution in [0.1, 0.15) is 439 Å². The summed E-state index contributed by atoms with van der Waals surface area (Å²) in [6.07, 6.45) is 79.4. The Bertz CT molecular complexity index is 996. The van der Waals surface area contributed by atoms with Crippen LogP contribution < -0.4 is 20.4 Å². The molecule has 0 bridgehead atoms. The van der Waals surface area contributed by atoms with Gasteiger partial charge in [0.05, 0.1) is 0 Å². The Kier molecular flexibility index (Phi) is 103. The molecule has 0 aromatic heterocycles. The molecule has 0 aliphatic heterocycles. The number of carboxylic acid groups (broad SMARTS) is 4. The van der Waals surface area contributed by atoms with E-state index in [1.165, 1.54) is 334 Å². The molecule has 0 unspecified atom stereocenters. The minimum atomic E-state index is -0.903. The van der Waals surface area contributed by atoms with Gasteiger partial charge in [-0.15, -0.1) is 0 Å². The van der Waals surface area contributed by atoms with Crippen LogP contribution in [0.3, 0.4) is 0 Å². The van der Waals surface area contributed by atoms with Crippen LogP contribution >= 0.6 is 0 Å². The van der Waals surface area contributed by atoms with Crippen LogP contribution in [-0.2, 0) is 19.2 Å². The average Bonchev–Trinajstić information content (AvgIpc) is 3.43. The van der Waals surface area contributed by atoms with E-state index in [9.17, 15) is 39.6 Å². The number of hydrogen-bond acceptors (Lipinski definition) is 8. The maximum Gasteiger partial charge on any atom is 2.00 e. The van der Waals surface area contributed by atoms with E-state index in [2.05, 4.69) is 27.7 Å². The zero-order chi connectivity index (χ0) is 59.6. The van der Waals surface area contributed by atoms with Gasteiger partial charge >= 0.3 is 75.5 Å². The van der Waals surface area contributed by atoms with Gasteiger partial charge in [-0.25, -0.2) is 0 Å². The maximum atomic E-state index is 10.2. The molecular weight excluding hydrogens is 1070 g/mol. The van der Waals surface area contributed by atoms with Crippen molar-refractivity contribution in [2.24, 2.45) is 0 Å². The smallest absolute Gasteiger partial charge is 0.550 e. The summed E-state index contributed by atoms with van der Waals surface area (Å²) >= 11 is 0. The van der Waals surface area contributed by atoms with E-state index in [-0.39, 0.29) is 101 Å². The second-order valence-electron chi connectivity index (χ2n) is 24.3. The zero-order valence-electron chi connectivity index (χ0n) is 55.9. The molecule has 0 radical (unpaired) electrons. The molecule has 0 aliphatic carbocycles. The Hall–Kier alpha value is 0.399. The summed E-state index contributed by atoms with van der Waals surface area (Å²) < 4.78 is 0. The number of hydrogen-bond donors (Lipinski definition) is 0. The van der Waals surface area contributed by atoms with Crippen molar-refractivity contribution in [3.63, 3.8) is 0 Å². The van der Waals surface area contributed by atoms with Crippen molar-refractivity contribution in [1.82, 2.24) is 0 Å². The SMILES string of the molecule is CCCCCCCCCCCCCCCCCC(=O)[O-].CCCCCCCCCCCCCCCCCC(=O)[O-].CCCCCCCCCCCCCCCCCC(=O)[O-].CCCCCCCCCCCCCCCCCC(=O)[O-].[Ca+2].[Ca+2]. The predicted octanol–water partition coefficient (Wildman–Crippen LogP) is 19.2. The van der Waals surface area contributed by atoms with Crippen molar-refractivity contribution in [1.29, 1.82) is 0 Å². The van der Waals surface area contributed by atoms with Crippen LogP contribution in [0.25, 0.3) is 0 Å². The first-order valence-corrected chi connectivity index (χ1v) is 35.9. The van der Waals surface area contributed by atoms with Gasteiger partial charge in [-0.2, -0.15) is 0 Å². The number of carbonyl (C=O) groups excluding carboxylic acids is 4. The zero-order valence-corrected chi connectivity index (χ0v) is 60.4. The van der Waals surface area contributed by atoms with Crippen LogP contribution in [0, 0.1) is 0 Å². The van der Waals surface area contributed by atoms with Crippen LogP contribution in [0.5, 0.6) is 0 Å². The van der Waals surface area contributed by atoms with Crippen molar-refractivity contribution in [3.8, 4) is 0 Å². The van der Waals surface area contributed by atoms with Crippen molar-refractivity contribution >= 4 is 99.4 Å². The first kappa shape index (κ1) is 93.5. The molecular formula is C72H140Ca2O8. The van der Waals surface area contributed by atoms with E-state index in [4.69, 9.17) is 0 Å². The van der Waals surface area contributed by atoms with E-state index in [1.807, 2.05) is 0 Å². The van der Waals surface area contributed by atoms with Gasteiger partial charge in [0.1, 0.15) is 0 Å². The van der Waals surface area contributed by atoms with Gasteiger partial charge in [-0.1, -0.05) is 387 Å². The average molecular weight is 1210 g/mol. The predicted molar refractivity (Wildman–Crippen MR) is 350 cm³/mol. The maximum absolute atomic E-state index is 10.2. The number of aliphatic carboxylic acids is 4. The number of carbonyl (C=O) groups is 4. The molecule has 0 saturated heterocycles. The summed E-state index contributed by atoms with van der Waals surface area (Å²) in [7, 11) is 0. The molecule has 0 heterocycles. The third-order valence-corrected chi connectivity index (χ3v) is 15.9. The number of carboxylic acids is 4. The minimum Gasteiger partial charge on any atom is -0.550 e. The van der Waals surface area contributed by atoms with E-state index in [0.717, 1.165) is 51.4 Å². The van der Waals surface area contributed by atoms with Crippen LogP contribution in [0.4, 0.5) is 0 Å². The van der Waals surface area contributed by atoms with E-state index in [1.54, 1.807) is 0 Å². The fourth-order valence-corrected chi connectivity index (χ4v) is 10.6.